The van der Waals surface area contributed by atoms with Crippen molar-refractivity contribution in [1.82, 2.24) is 19.8 Å². The molecule has 0 aliphatic carbocycles. The molecule has 2 heterocycles. The third-order valence-corrected chi connectivity index (χ3v) is 5.10. The molecular formula is C20H29N5O. The lowest BCUT2D eigenvalue weighted by molar-refractivity contribution is -0.126. The van der Waals surface area contributed by atoms with E-state index in [1.165, 1.54) is 18.5 Å². The topological polar surface area (TPSA) is 53.4 Å². The van der Waals surface area contributed by atoms with Gasteiger partial charge in [-0.1, -0.05) is 12.1 Å². The van der Waals surface area contributed by atoms with E-state index in [4.69, 9.17) is 0 Å². The summed E-state index contributed by atoms with van der Waals surface area (Å²) in [7, 11) is 5.74. The minimum Gasteiger partial charge on any atom is -0.372 e. The Kier molecular flexibility index (Phi) is 5.61. The SMILES string of the molecule is C[C@@H](NC(=O)[C@@H](c1cncn1C)N(C)C)c1cccc(N2CCCC2)c1. The molecule has 0 unspecified atom stereocenters. The molecule has 1 aliphatic rings. The number of likely N-dealkylation sites (N-methyl/N-ethyl adjacent to an activating group) is 1. The van der Waals surface area contributed by atoms with Gasteiger partial charge in [0.25, 0.3) is 0 Å². The van der Waals surface area contributed by atoms with E-state index in [0.717, 1.165) is 24.3 Å². The van der Waals surface area contributed by atoms with E-state index in [2.05, 4.69) is 39.5 Å². The Hall–Kier alpha value is -2.34. The van der Waals surface area contributed by atoms with Crippen LogP contribution in [0, 0.1) is 0 Å². The third-order valence-electron chi connectivity index (χ3n) is 5.10. The van der Waals surface area contributed by atoms with E-state index >= 15 is 0 Å². The molecule has 6 nitrogen and oxygen atoms in total. The van der Waals surface area contributed by atoms with Crippen molar-refractivity contribution < 1.29 is 4.79 Å². The predicted octanol–water partition coefficient (Wildman–Crippen LogP) is 2.50. The van der Waals surface area contributed by atoms with Crippen LogP contribution < -0.4 is 10.2 Å². The summed E-state index contributed by atoms with van der Waals surface area (Å²) in [6, 6.07) is 8.09. The first-order valence-corrected chi connectivity index (χ1v) is 9.25. The molecule has 0 saturated carbocycles. The fourth-order valence-corrected chi connectivity index (χ4v) is 3.61. The highest BCUT2D eigenvalue weighted by Crippen LogP contribution is 2.25. The van der Waals surface area contributed by atoms with Crippen molar-refractivity contribution >= 4 is 11.6 Å². The fraction of sp³-hybridized carbons (Fsp3) is 0.500. The summed E-state index contributed by atoms with van der Waals surface area (Å²) in [6.07, 6.45) is 5.99. The molecule has 1 saturated heterocycles. The van der Waals surface area contributed by atoms with Gasteiger partial charge in [-0.05, 0) is 51.6 Å². The molecule has 0 spiro atoms. The van der Waals surface area contributed by atoms with Gasteiger partial charge in [0.2, 0.25) is 5.91 Å². The first kappa shape index (κ1) is 18.5. The van der Waals surface area contributed by atoms with Crippen LogP contribution in [0.3, 0.4) is 0 Å². The van der Waals surface area contributed by atoms with Gasteiger partial charge in [-0.3, -0.25) is 9.69 Å². The standard InChI is InChI=1S/C20H29N5O/c1-15(16-8-7-9-17(12-16)25-10-5-6-11-25)22-20(26)19(23(2)3)18-13-21-14-24(18)4/h7-9,12-15,19H,5-6,10-11H2,1-4H3,(H,22,26)/t15-,19-/m1/s1. The van der Waals surface area contributed by atoms with Crippen LogP contribution in [-0.4, -0.2) is 47.5 Å². The second kappa shape index (κ2) is 7.91. The van der Waals surface area contributed by atoms with Gasteiger partial charge in [-0.2, -0.15) is 0 Å². The molecule has 2 atom stereocenters. The Morgan fingerprint density at radius 2 is 2.00 bits per heavy atom. The summed E-state index contributed by atoms with van der Waals surface area (Å²) in [5, 5.41) is 3.17. The van der Waals surface area contributed by atoms with Crippen molar-refractivity contribution in [2.24, 2.45) is 7.05 Å². The Bertz CT molecular complexity index is 748. The number of carbonyl (C=O) groups is 1. The van der Waals surface area contributed by atoms with E-state index in [1.54, 1.807) is 12.5 Å². The number of benzene rings is 1. The Balaban J connectivity index is 1.74. The Morgan fingerprint density at radius 3 is 2.62 bits per heavy atom. The second-order valence-electron chi connectivity index (χ2n) is 7.31. The van der Waals surface area contributed by atoms with Crippen molar-refractivity contribution in [3.63, 3.8) is 0 Å². The van der Waals surface area contributed by atoms with Crippen LogP contribution >= 0.6 is 0 Å². The molecule has 1 aromatic carbocycles. The van der Waals surface area contributed by atoms with Crippen molar-refractivity contribution in [2.45, 2.75) is 31.8 Å². The van der Waals surface area contributed by atoms with Crippen LogP contribution in [0.5, 0.6) is 0 Å². The molecule has 0 radical (unpaired) electrons. The maximum absolute atomic E-state index is 13.0. The highest BCUT2D eigenvalue weighted by atomic mass is 16.2. The van der Waals surface area contributed by atoms with Crippen LogP contribution in [0.4, 0.5) is 5.69 Å². The highest BCUT2D eigenvalue weighted by Gasteiger charge is 2.27. The molecule has 6 heteroatoms. The number of carbonyl (C=O) groups excluding carboxylic acids is 1. The molecule has 1 N–H and O–H groups in total. The lowest BCUT2D eigenvalue weighted by Gasteiger charge is -2.26. The summed E-state index contributed by atoms with van der Waals surface area (Å²) in [6.45, 7) is 4.28. The van der Waals surface area contributed by atoms with Gasteiger partial charge in [0.15, 0.2) is 0 Å². The number of amides is 1. The molecule has 140 valence electrons. The molecule has 1 aromatic heterocycles. The molecule has 3 rings (SSSR count). The lowest BCUT2D eigenvalue weighted by atomic mass is 10.1. The number of imidazole rings is 1. The summed E-state index contributed by atoms with van der Waals surface area (Å²) >= 11 is 0. The molecule has 1 amide bonds. The summed E-state index contributed by atoms with van der Waals surface area (Å²) in [5.41, 5.74) is 3.26. The van der Waals surface area contributed by atoms with Gasteiger partial charge in [0.1, 0.15) is 6.04 Å². The van der Waals surface area contributed by atoms with Crippen LogP contribution in [0.2, 0.25) is 0 Å². The molecule has 26 heavy (non-hydrogen) atoms. The minimum absolute atomic E-state index is 0.0160. The maximum Gasteiger partial charge on any atom is 0.244 e. The van der Waals surface area contributed by atoms with Gasteiger partial charge >= 0.3 is 0 Å². The number of hydrogen-bond donors (Lipinski definition) is 1. The van der Waals surface area contributed by atoms with Gasteiger partial charge in [-0.25, -0.2) is 4.98 Å². The van der Waals surface area contributed by atoms with Gasteiger partial charge in [0.05, 0.1) is 24.3 Å². The van der Waals surface area contributed by atoms with Crippen molar-refractivity contribution in [3.05, 3.63) is 48.0 Å². The highest BCUT2D eigenvalue weighted by molar-refractivity contribution is 5.83. The predicted molar refractivity (Wildman–Crippen MR) is 104 cm³/mol. The quantitative estimate of drug-likeness (QED) is 0.865. The minimum atomic E-state index is -0.369. The maximum atomic E-state index is 13.0. The zero-order valence-electron chi connectivity index (χ0n) is 16.1. The molecule has 0 bridgehead atoms. The normalized spacial score (nSPS) is 16.7. The van der Waals surface area contributed by atoms with Crippen LogP contribution in [-0.2, 0) is 11.8 Å². The van der Waals surface area contributed by atoms with E-state index in [0.29, 0.717) is 0 Å². The molecular weight excluding hydrogens is 326 g/mol. The first-order chi connectivity index (χ1) is 12.5. The number of aryl methyl sites for hydroxylation is 1. The lowest BCUT2D eigenvalue weighted by Crippen LogP contribution is -2.39. The number of nitrogens with one attached hydrogen (secondary N) is 1. The average molecular weight is 355 g/mol. The summed E-state index contributed by atoms with van der Waals surface area (Å²) < 4.78 is 1.89. The second-order valence-corrected chi connectivity index (χ2v) is 7.31. The van der Waals surface area contributed by atoms with Gasteiger partial charge in [-0.15, -0.1) is 0 Å². The average Bonchev–Trinajstić information content (AvgIpc) is 3.27. The molecule has 1 aliphatic heterocycles. The number of hydrogen-bond acceptors (Lipinski definition) is 4. The number of aromatic nitrogens is 2. The smallest absolute Gasteiger partial charge is 0.244 e. The van der Waals surface area contributed by atoms with Crippen molar-refractivity contribution in [2.75, 3.05) is 32.1 Å². The van der Waals surface area contributed by atoms with Crippen molar-refractivity contribution in [3.8, 4) is 0 Å². The zero-order valence-corrected chi connectivity index (χ0v) is 16.1. The van der Waals surface area contributed by atoms with Gasteiger partial charge < -0.3 is 14.8 Å². The Labute approximate surface area is 155 Å². The first-order valence-electron chi connectivity index (χ1n) is 9.25. The summed E-state index contributed by atoms with van der Waals surface area (Å²) in [4.78, 5) is 21.4. The van der Waals surface area contributed by atoms with Crippen LogP contribution in [0.25, 0.3) is 0 Å². The van der Waals surface area contributed by atoms with E-state index in [-0.39, 0.29) is 18.0 Å². The zero-order chi connectivity index (χ0) is 18.7. The number of nitrogens with zero attached hydrogens (tertiary/aromatic N) is 4. The Morgan fingerprint density at radius 1 is 1.27 bits per heavy atom. The number of anilines is 1. The van der Waals surface area contributed by atoms with E-state index in [9.17, 15) is 4.79 Å². The monoisotopic (exact) mass is 355 g/mol. The summed E-state index contributed by atoms with van der Waals surface area (Å²) in [5.74, 6) is -0.0160. The van der Waals surface area contributed by atoms with E-state index in [1.807, 2.05) is 37.5 Å². The number of rotatable bonds is 6. The van der Waals surface area contributed by atoms with Crippen LogP contribution in [0.1, 0.15) is 43.1 Å². The molecule has 1 fully saturated rings. The molecule has 2 aromatic rings. The van der Waals surface area contributed by atoms with E-state index < -0.39 is 0 Å². The fourth-order valence-electron chi connectivity index (χ4n) is 3.61. The largest absolute Gasteiger partial charge is 0.372 e. The third kappa shape index (κ3) is 3.90. The van der Waals surface area contributed by atoms with Crippen molar-refractivity contribution in [1.29, 1.82) is 0 Å². The van der Waals surface area contributed by atoms with Crippen LogP contribution in [0.15, 0.2) is 36.8 Å². The van der Waals surface area contributed by atoms with Gasteiger partial charge in [0, 0.05) is 25.8 Å².